The molecule has 4 rings (SSSR count). The molecule has 5 nitrogen and oxygen atoms in total. The first-order valence-electron chi connectivity index (χ1n) is 11.7. The van der Waals surface area contributed by atoms with Crippen LogP contribution in [-0.4, -0.2) is 41.0 Å². The van der Waals surface area contributed by atoms with Gasteiger partial charge in [0.2, 0.25) is 0 Å². The van der Waals surface area contributed by atoms with Gasteiger partial charge in [-0.2, -0.15) is 5.26 Å². The first-order chi connectivity index (χ1) is 14.3. The summed E-state index contributed by atoms with van der Waals surface area (Å²) in [5, 5.41) is 32.1. The van der Waals surface area contributed by atoms with E-state index < -0.39 is 30.4 Å². The second kappa shape index (κ2) is 7.31. The van der Waals surface area contributed by atoms with E-state index in [4.69, 9.17) is 21.3 Å². The van der Waals surface area contributed by atoms with E-state index in [9.17, 15) is 15.0 Å². The third kappa shape index (κ3) is 3.10. The number of halogens is 1. The van der Waals surface area contributed by atoms with Crippen LogP contribution in [-0.2, 0) is 9.22 Å². The highest BCUT2D eigenvalue weighted by molar-refractivity contribution is 6.80. The van der Waals surface area contributed by atoms with E-state index >= 15 is 0 Å². The van der Waals surface area contributed by atoms with Crippen molar-refractivity contribution >= 4 is 25.7 Å². The van der Waals surface area contributed by atoms with Crippen LogP contribution in [0.5, 0.6) is 0 Å². The SMILES string of the molecule is C[C@H]1CC2C([C@@H](O)C[C@@]3(C)C2CC[C@]3(O)[C@H](Cl)[Si](C)(C)OC#N)[C@@]2(C)CCC(=O)C=C12. The monoisotopic (exact) mass is 465 g/mol. The predicted molar refractivity (Wildman–Crippen MR) is 121 cm³/mol. The molecule has 0 aromatic heterocycles. The van der Waals surface area contributed by atoms with Crippen molar-refractivity contribution in [2.24, 2.45) is 34.5 Å². The minimum absolute atomic E-state index is 0.0952. The molecule has 172 valence electrons. The van der Waals surface area contributed by atoms with Gasteiger partial charge in [-0.05, 0) is 80.4 Å². The summed E-state index contributed by atoms with van der Waals surface area (Å²) in [6, 6.07) is 0. The van der Waals surface area contributed by atoms with Gasteiger partial charge in [-0.1, -0.05) is 26.3 Å². The van der Waals surface area contributed by atoms with Gasteiger partial charge in [0.15, 0.2) is 5.78 Å². The molecule has 0 saturated heterocycles. The van der Waals surface area contributed by atoms with E-state index in [1.165, 1.54) is 5.57 Å². The molecule has 7 heteroatoms. The average molecular weight is 466 g/mol. The number of nitrogens with zero attached hydrogens (tertiary/aromatic N) is 1. The van der Waals surface area contributed by atoms with E-state index in [1.807, 2.05) is 19.2 Å². The van der Waals surface area contributed by atoms with Crippen LogP contribution >= 0.6 is 11.6 Å². The maximum atomic E-state index is 12.2. The molecule has 0 aliphatic heterocycles. The minimum atomic E-state index is -2.67. The summed E-state index contributed by atoms with van der Waals surface area (Å²) in [5.41, 5.74) is -0.673. The molecule has 9 atom stereocenters. The highest BCUT2D eigenvalue weighted by Crippen LogP contribution is 2.69. The van der Waals surface area contributed by atoms with Crippen LogP contribution in [0.2, 0.25) is 13.1 Å². The fraction of sp³-hybridized carbons (Fsp3) is 0.833. The van der Waals surface area contributed by atoms with Crippen molar-refractivity contribution in [3.8, 4) is 6.26 Å². The summed E-state index contributed by atoms with van der Waals surface area (Å²) < 4.78 is 5.39. The molecule has 3 unspecified atom stereocenters. The number of aliphatic hydroxyl groups excluding tert-OH is 1. The van der Waals surface area contributed by atoms with Crippen molar-refractivity contribution in [3.63, 3.8) is 0 Å². The Morgan fingerprint density at radius 3 is 2.68 bits per heavy atom. The fourth-order valence-corrected chi connectivity index (χ4v) is 10.8. The molecule has 4 aliphatic carbocycles. The van der Waals surface area contributed by atoms with Crippen molar-refractivity contribution < 1.29 is 19.4 Å². The fourth-order valence-electron chi connectivity index (χ4n) is 8.32. The van der Waals surface area contributed by atoms with Crippen molar-refractivity contribution in [2.75, 3.05) is 0 Å². The number of carbonyl (C=O) groups excluding carboxylic acids is 1. The topological polar surface area (TPSA) is 90.5 Å². The Morgan fingerprint density at radius 1 is 1.35 bits per heavy atom. The molecule has 3 saturated carbocycles. The highest BCUT2D eigenvalue weighted by atomic mass is 35.5. The van der Waals surface area contributed by atoms with Crippen molar-refractivity contribution in [3.05, 3.63) is 11.6 Å². The summed E-state index contributed by atoms with van der Waals surface area (Å²) in [5.74, 6) is 1.12. The van der Waals surface area contributed by atoms with E-state index in [0.717, 1.165) is 19.3 Å². The van der Waals surface area contributed by atoms with Gasteiger partial charge in [-0.15, -0.1) is 11.6 Å². The van der Waals surface area contributed by atoms with Crippen LogP contribution in [0.25, 0.3) is 0 Å². The van der Waals surface area contributed by atoms with Crippen molar-refractivity contribution in [1.82, 2.24) is 0 Å². The van der Waals surface area contributed by atoms with E-state index in [0.29, 0.717) is 25.2 Å². The normalized spacial score (nSPS) is 48.0. The molecular weight excluding hydrogens is 430 g/mol. The summed E-state index contributed by atoms with van der Waals surface area (Å²) in [7, 11) is -2.67. The Labute approximate surface area is 191 Å². The van der Waals surface area contributed by atoms with Crippen LogP contribution in [0, 0.1) is 46.0 Å². The lowest BCUT2D eigenvalue weighted by molar-refractivity contribution is -0.172. The van der Waals surface area contributed by atoms with Crippen LogP contribution < -0.4 is 0 Å². The number of nitriles is 1. The molecule has 0 aromatic rings. The van der Waals surface area contributed by atoms with Crippen LogP contribution in [0.4, 0.5) is 0 Å². The van der Waals surface area contributed by atoms with Crippen LogP contribution in [0.15, 0.2) is 11.6 Å². The van der Waals surface area contributed by atoms with E-state index in [2.05, 4.69) is 20.8 Å². The number of aliphatic hydroxyl groups is 2. The van der Waals surface area contributed by atoms with Crippen molar-refractivity contribution in [2.45, 2.75) is 89.1 Å². The van der Waals surface area contributed by atoms with Gasteiger partial charge >= 0.3 is 0 Å². The van der Waals surface area contributed by atoms with E-state index in [1.54, 1.807) is 6.26 Å². The Balaban J connectivity index is 1.73. The standard InChI is InChI=1S/C24H36ClNO4Si/c1-14-10-16-17-7-9-24(29,21(25)31(4,5)30-13-26)23(17,3)12-19(28)20(16)22(2)8-6-15(27)11-18(14)22/h11,14,16-17,19-21,28-29H,6-10,12H2,1-5H3/t14-,16?,17?,19-,20?,21+,22-,23-,24-/m0/s1. The van der Waals surface area contributed by atoms with Gasteiger partial charge in [0.05, 0.1) is 16.7 Å². The van der Waals surface area contributed by atoms with Gasteiger partial charge in [0.25, 0.3) is 14.6 Å². The summed E-state index contributed by atoms with van der Waals surface area (Å²) in [6.07, 6.45) is 7.28. The van der Waals surface area contributed by atoms with Gasteiger partial charge in [-0.25, -0.2) is 0 Å². The minimum Gasteiger partial charge on any atom is -0.481 e. The largest absolute Gasteiger partial charge is 0.481 e. The van der Waals surface area contributed by atoms with Gasteiger partial charge in [0.1, 0.15) is 0 Å². The second-order valence-electron chi connectivity index (χ2n) is 11.7. The number of hydrogen-bond donors (Lipinski definition) is 2. The summed E-state index contributed by atoms with van der Waals surface area (Å²) in [6.45, 7) is 10.3. The zero-order valence-corrected chi connectivity index (χ0v) is 21.1. The molecule has 0 radical (unpaired) electrons. The van der Waals surface area contributed by atoms with Gasteiger partial charge in [0, 0.05) is 11.8 Å². The number of alkyl halides is 1. The zero-order valence-electron chi connectivity index (χ0n) is 19.3. The van der Waals surface area contributed by atoms with Gasteiger partial charge in [-0.3, -0.25) is 4.79 Å². The summed E-state index contributed by atoms with van der Waals surface area (Å²) >= 11 is 6.92. The second-order valence-corrected chi connectivity index (χ2v) is 16.5. The lowest BCUT2D eigenvalue weighted by atomic mass is 9.44. The Morgan fingerprint density at radius 2 is 2.03 bits per heavy atom. The molecule has 4 aliphatic rings. The van der Waals surface area contributed by atoms with Crippen LogP contribution in [0.3, 0.4) is 0 Å². The molecule has 0 amide bonds. The smallest absolute Gasteiger partial charge is 0.282 e. The molecule has 2 N–H and O–H groups in total. The molecule has 0 bridgehead atoms. The first kappa shape index (κ1) is 23.3. The lowest BCUT2D eigenvalue weighted by Crippen LogP contribution is -2.66. The molecule has 31 heavy (non-hydrogen) atoms. The Bertz CT molecular complexity index is 855. The lowest BCUT2D eigenvalue weighted by Gasteiger charge is -2.62. The molecule has 0 spiro atoms. The third-order valence-electron chi connectivity index (χ3n) is 9.77. The Kier molecular flexibility index (Phi) is 5.50. The quantitative estimate of drug-likeness (QED) is 0.368. The molecular formula is C24H36ClNO4Si. The zero-order chi connectivity index (χ0) is 23.0. The maximum Gasteiger partial charge on any atom is 0.282 e. The number of hydrogen-bond acceptors (Lipinski definition) is 5. The number of rotatable bonds is 3. The molecule has 3 fully saturated rings. The summed E-state index contributed by atoms with van der Waals surface area (Å²) in [4.78, 5) is 12.2. The Hall–Kier alpha value is -0.873. The van der Waals surface area contributed by atoms with Crippen molar-refractivity contribution in [1.29, 1.82) is 5.26 Å². The number of fused-ring (bicyclic) bond motifs is 5. The third-order valence-corrected chi connectivity index (χ3v) is 14.0. The number of carbonyl (C=O) groups is 1. The molecule has 0 aromatic carbocycles. The highest BCUT2D eigenvalue weighted by Gasteiger charge is 2.70. The predicted octanol–water partition coefficient (Wildman–Crippen LogP) is 4.32. The van der Waals surface area contributed by atoms with Gasteiger partial charge < -0.3 is 14.6 Å². The number of allylic oxidation sites excluding steroid dienone is 1. The molecule has 0 heterocycles. The maximum absolute atomic E-state index is 12.2. The number of ketones is 1. The average Bonchev–Trinajstić information content (AvgIpc) is 2.94. The first-order valence-corrected chi connectivity index (χ1v) is 15.1. The van der Waals surface area contributed by atoms with E-state index in [-0.39, 0.29) is 29.0 Å². The van der Waals surface area contributed by atoms with Crippen LogP contribution in [0.1, 0.15) is 59.3 Å².